The molecule has 0 bridgehead atoms. The average molecular weight is 395 g/mol. The van der Waals surface area contributed by atoms with Gasteiger partial charge in [0.05, 0.1) is 22.5 Å². The molecule has 0 radical (unpaired) electrons. The van der Waals surface area contributed by atoms with Gasteiger partial charge in [-0.05, 0) is 24.6 Å². The van der Waals surface area contributed by atoms with Gasteiger partial charge in [-0.1, -0.05) is 54.2 Å². The predicted molar refractivity (Wildman–Crippen MR) is 111 cm³/mol. The summed E-state index contributed by atoms with van der Waals surface area (Å²) in [5.41, 5.74) is 8.71. The molecule has 1 aromatic heterocycles. The summed E-state index contributed by atoms with van der Waals surface area (Å²) in [6.07, 6.45) is 0.137. The fourth-order valence-electron chi connectivity index (χ4n) is 2.77. The lowest BCUT2D eigenvalue weighted by Gasteiger charge is -2.22. The normalized spacial score (nSPS) is 10.8. The summed E-state index contributed by atoms with van der Waals surface area (Å²) < 4.78 is 0. The number of nitrogens with two attached hydrogens (primary N) is 1. The quantitative estimate of drug-likeness (QED) is 0.594. The molecular weight excluding hydrogens is 372 g/mol. The average Bonchev–Trinajstić information content (AvgIpc) is 2.70. The minimum absolute atomic E-state index is 0.0653. The van der Waals surface area contributed by atoms with E-state index in [2.05, 4.69) is 9.97 Å². The fraction of sp³-hybridized carbons (Fsp3) is 0.238. The smallest absolute Gasteiger partial charge is 0.233 e. The first-order valence-corrected chi connectivity index (χ1v) is 9.97. The maximum atomic E-state index is 12.8. The second kappa shape index (κ2) is 9.32. The summed E-state index contributed by atoms with van der Waals surface area (Å²) in [7, 11) is 0. The van der Waals surface area contributed by atoms with Crippen molar-refractivity contribution in [3.63, 3.8) is 0 Å². The molecule has 0 aliphatic carbocycles. The molecule has 0 unspecified atom stereocenters. The highest BCUT2D eigenvalue weighted by Gasteiger charge is 2.17. The number of carbonyl (C=O) groups is 2. The number of hydrogen-bond acceptors (Lipinski definition) is 5. The minimum atomic E-state index is -0.422. The molecule has 0 spiro atoms. The molecule has 0 fully saturated rings. The Morgan fingerprint density at radius 1 is 1.00 bits per heavy atom. The van der Waals surface area contributed by atoms with Gasteiger partial charge in [0, 0.05) is 19.5 Å². The van der Waals surface area contributed by atoms with Crippen molar-refractivity contribution in [2.75, 3.05) is 12.3 Å². The van der Waals surface area contributed by atoms with Crippen LogP contribution >= 0.6 is 11.8 Å². The summed E-state index contributed by atoms with van der Waals surface area (Å²) >= 11 is 1.36. The summed E-state index contributed by atoms with van der Waals surface area (Å²) in [6, 6.07) is 17.3. The molecule has 0 aliphatic heterocycles. The van der Waals surface area contributed by atoms with E-state index in [1.54, 1.807) is 4.90 Å². The highest BCUT2D eigenvalue weighted by Crippen LogP contribution is 2.22. The second-order valence-corrected chi connectivity index (χ2v) is 7.37. The van der Waals surface area contributed by atoms with Crippen LogP contribution in [-0.2, 0) is 16.1 Å². The van der Waals surface area contributed by atoms with Crippen LogP contribution < -0.4 is 5.73 Å². The number of nitrogens with zero attached hydrogens (tertiary/aromatic N) is 3. The molecular formula is C21H22N4O2S. The third-order valence-corrected chi connectivity index (χ3v) is 5.28. The number of benzene rings is 2. The Morgan fingerprint density at radius 2 is 1.64 bits per heavy atom. The molecule has 3 rings (SSSR count). The Kier molecular flexibility index (Phi) is 6.60. The van der Waals surface area contributed by atoms with Gasteiger partial charge in [0.1, 0.15) is 5.03 Å². The van der Waals surface area contributed by atoms with E-state index in [1.807, 2.05) is 61.5 Å². The van der Waals surface area contributed by atoms with Gasteiger partial charge in [0.25, 0.3) is 0 Å². The van der Waals surface area contributed by atoms with Crippen molar-refractivity contribution < 1.29 is 9.59 Å². The number of para-hydroxylation sites is 2. The van der Waals surface area contributed by atoms with Gasteiger partial charge in [-0.2, -0.15) is 0 Å². The van der Waals surface area contributed by atoms with Crippen LogP contribution in [0.15, 0.2) is 59.6 Å². The van der Waals surface area contributed by atoms with Crippen molar-refractivity contribution in [3.05, 3.63) is 65.9 Å². The Morgan fingerprint density at radius 3 is 2.32 bits per heavy atom. The number of primary amides is 1. The molecule has 28 heavy (non-hydrogen) atoms. The largest absolute Gasteiger partial charge is 0.370 e. The standard InChI is InChI=1S/C21H22N4O2S/c1-15-21(24-18-10-6-5-9-17(18)23-15)28-14-20(27)25(12-11-19(22)26)13-16-7-3-2-4-8-16/h2-10H,11-14H2,1H3,(H2,22,26). The Bertz CT molecular complexity index is 979. The fourth-order valence-corrected chi connectivity index (χ4v) is 3.63. The van der Waals surface area contributed by atoms with Crippen LogP contribution in [0.4, 0.5) is 0 Å². The number of aromatic nitrogens is 2. The molecule has 144 valence electrons. The molecule has 2 aromatic carbocycles. The molecule has 0 aliphatic rings. The van der Waals surface area contributed by atoms with Gasteiger partial charge in [0.15, 0.2) is 0 Å². The molecule has 0 saturated carbocycles. The lowest BCUT2D eigenvalue weighted by Crippen LogP contribution is -2.34. The number of fused-ring (bicyclic) bond motifs is 1. The van der Waals surface area contributed by atoms with Gasteiger partial charge in [0.2, 0.25) is 11.8 Å². The zero-order chi connectivity index (χ0) is 19.9. The number of hydrogen-bond donors (Lipinski definition) is 1. The summed E-state index contributed by atoms with van der Waals surface area (Å²) in [6.45, 7) is 2.63. The summed E-state index contributed by atoms with van der Waals surface area (Å²) in [5.74, 6) is -0.265. The van der Waals surface area contributed by atoms with E-state index in [0.29, 0.717) is 13.1 Å². The van der Waals surface area contributed by atoms with Crippen molar-refractivity contribution in [2.24, 2.45) is 5.73 Å². The topological polar surface area (TPSA) is 89.2 Å². The van der Waals surface area contributed by atoms with Crippen LogP contribution in [-0.4, -0.2) is 39.0 Å². The third-order valence-electron chi connectivity index (χ3n) is 4.23. The van der Waals surface area contributed by atoms with Crippen molar-refractivity contribution in [2.45, 2.75) is 24.9 Å². The number of carbonyl (C=O) groups excluding carboxylic acids is 2. The van der Waals surface area contributed by atoms with E-state index < -0.39 is 5.91 Å². The predicted octanol–water partition coefficient (Wildman–Crippen LogP) is 2.93. The number of amides is 2. The number of rotatable bonds is 8. The van der Waals surface area contributed by atoms with E-state index in [4.69, 9.17) is 5.73 Å². The van der Waals surface area contributed by atoms with Gasteiger partial charge >= 0.3 is 0 Å². The molecule has 0 atom stereocenters. The van der Waals surface area contributed by atoms with Gasteiger partial charge in [-0.15, -0.1) is 0 Å². The highest BCUT2D eigenvalue weighted by atomic mass is 32.2. The van der Waals surface area contributed by atoms with Crippen LogP contribution in [0.2, 0.25) is 0 Å². The maximum absolute atomic E-state index is 12.8. The second-order valence-electron chi connectivity index (χ2n) is 6.41. The van der Waals surface area contributed by atoms with Crippen LogP contribution in [0.25, 0.3) is 11.0 Å². The van der Waals surface area contributed by atoms with Crippen molar-refractivity contribution in [1.29, 1.82) is 0 Å². The summed E-state index contributed by atoms with van der Waals surface area (Å²) in [5, 5.41) is 0.738. The molecule has 2 N–H and O–H groups in total. The van der Waals surface area contributed by atoms with E-state index in [1.165, 1.54) is 11.8 Å². The van der Waals surface area contributed by atoms with Gasteiger partial charge in [-0.3, -0.25) is 9.59 Å². The van der Waals surface area contributed by atoms with Crippen LogP contribution in [0.5, 0.6) is 0 Å². The Balaban J connectivity index is 1.70. The molecule has 7 heteroatoms. The highest BCUT2D eigenvalue weighted by molar-refractivity contribution is 7.99. The SMILES string of the molecule is Cc1nc2ccccc2nc1SCC(=O)N(CCC(N)=O)Cc1ccccc1. The molecule has 6 nitrogen and oxygen atoms in total. The van der Waals surface area contributed by atoms with Crippen molar-refractivity contribution in [3.8, 4) is 0 Å². The van der Waals surface area contributed by atoms with Crippen LogP contribution in [0.1, 0.15) is 17.7 Å². The number of thioether (sulfide) groups is 1. The lowest BCUT2D eigenvalue weighted by molar-refractivity contribution is -0.129. The van der Waals surface area contributed by atoms with E-state index in [-0.39, 0.29) is 18.1 Å². The van der Waals surface area contributed by atoms with Gasteiger partial charge in [-0.25, -0.2) is 9.97 Å². The minimum Gasteiger partial charge on any atom is -0.370 e. The molecule has 1 heterocycles. The number of aryl methyl sites for hydroxylation is 1. The molecule has 0 saturated heterocycles. The monoisotopic (exact) mass is 394 g/mol. The third kappa shape index (κ3) is 5.29. The van der Waals surface area contributed by atoms with E-state index in [0.717, 1.165) is 27.3 Å². The molecule has 2 amide bonds. The zero-order valence-corrected chi connectivity index (χ0v) is 16.5. The van der Waals surface area contributed by atoms with Crippen molar-refractivity contribution in [1.82, 2.24) is 14.9 Å². The zero-order valence-electron chi connectivity index (χ0n) is 15.7. The van der Waals surface area contributed by atoms with Crippen LogP contribution in [0, 0.1) is 6.92 Å². The van der Waals surface area contributed by atoms with Crippen molar-refractivity contribution >= 4 is 34.6 Å². The van der Waals surface area contributed by atoms with Gasteiger partial charge < -0.3 is 10.6 Å². The molecule has 3 aromatic rings. The first-order chi connectivity index (χ1) is 13.5. The first kappa shape index (κ1) is 19.8. The maximum Gasteiger partial charge on any atom is 0.233 e. The Labute approximate surface area is 168 Å². The van der Waals surface area contributed by atoms with E-state index in [9.17, 15) is 9.59 Å². The van der Waals surface area contributed by atoms with Crippen LogP contribution in [0.3, 0.4) is 0 Å². The lowest BCUT2D eigenvalue weighted by atomic mass is 10.2. The first-order valence-electron chi connectivity index (χ1n) is 8.99. The Hall–Kier alpha value is -2.93. The van der Waals surface area contributed by atoms with E-state index >= 15 is 0 Å². The summed E-state index contributed by atoms with van der Waals surface area (Å²) in [4.78, 5) is 34.8.